The van der Waals surface area contributed by atoms with Crippen LogP contribution in [0.1, 0.15) is 43.7 Å². The molecule has 0 amide bonds. The van der Waals surface area contributed by atoms with Crippen LogP contribution in [0.5, 0.6) is 5.75 Å². The van der Waals surface area contributed by atoms with Gasteiger partial charge in [0.05, 0.1) is 0 Å². The van der Waals surface area contributed by atoms with Crippen LogP contribution in [0.4, 0.5) is 5.69 Å². The third kappa shape index (κ3) is 2.74. The fraction of sp³-hybridized carbons (Fsp3) is 0.600. The SMILES string of the molecule is Cc1ccc(NC2CCCC(C)C2)c(C)c1O. The van der Waals surface area contributed by atoms with Crippen LogP contribution >= 0.6 is 0 Å². The van der Waals surface area contributed by atoms with Crippen LogP contribution in [0, 0.1) is 19.8 Å². The minimum absolute atomic E-state index is 0.429. The first kappa shape index (κ1) is 12.3. The van der Waals surface area contributed by atoms with E-state index in [0.29, 0.717) is 11.8 Å². The molecule has 1 aliphatic rings. The Morgan fingerprint density at radius 3 is 2.71 bits per heavy atom. The highest BCUT2D eigenvalue weighted by atomic mass is 16.3. The molecule has 2 rings (SSSR count). The maximum absolute atomic E-state index is 9.93. The summed E-state index contributed by atoms with van der Waals surface area (Å²) in [6.45, 7) is 6.25. The lowest BCUT2D eigenvalue weighted by atomic mass is 9.87. The molecule has 1 fully saturated rings. The van der Waals surface area contributed by atoms with Gasteiger partial charge in [-0.15, -0.1) is 0 Å². The molecule has 0 spiro atoms. The van der Waals surface area contributed by atoms with Crippen LogP contribution in [0.15, 0.2) is 12.1 Å². The molecule has 2 N–H and O–H groups in total. The molecular formula is C15H23NO. The van der Waals surface area contributed by atoms with Gasteiger partial charge in [0.25, 0.3) is 0 Å². The van der Waals surface area contributed by atoms with Crippen molar-refractivity contribution >= 4 is 5.69 Å². The van der Waals surface area contributed by atoms with Crippen LogP contribution in [-0.2, 0) is 0 Å². The van der Waals surface area contributed by atoms with Crippen LogP contribution in [0.3, 0.4) is 0 Å². The minimum atomic E-state index is 0.429. The molecule has 1 aromatic carbocycles. The van der Waals surface area contributed by atoms with E-state index in [9.17, 15) is 5.11 Å². The molecule has 2 heteroatoms. The Bertz CT molecular complexity index is 400. The van der Waals surface area contributed by atoms with E-state index in [0.717, 1.165) is 22.7 Å². The molecule has 0 heterocycles. The topological polar surface area (TPSA) is 32.3 Å². The summed E-state index contributed by atoms with van der Waals surface area (Å²) in [5.41, 5.74) is 3.01. The second kappa shape index (κ2) is 4.99. The number of nitrogens with one attached hydrogen (secondary N) is 1. The highest BCUT2D eigenvalue weighted by Crippen LogP contribution is 2.31. The van der Waals surface area contributed by atoms with E-state index in [1.165, 1.54) is 25.7 Å². The van der Waals surface area contributed by atoms with E-state index in [1.807, 2.05) is 19.9 Å². The first-order valence-corrected chi connectivity index (χ1v) is 6.63. The number of aryl methyl sites for hydroxylation is 1. The first-order valence-electron chi connectivity index (χ1n) is 6.63. The molecule has 0 aromatic heterocycles. The van der Waals surface area contributed by atoms with E-state index in [-0.39, 0.29) is 0 Å². The molecule has 0 aliphatic heterocycles. The lowest BCUT2D eigenvalue weighted by Crippen LogP contribution is -2.26. The van der Waals surface area contributed by atoms with E-state index < -0.39 is 0 Å². The standard InChI is InChI=1S/C15H23NO/c1-10-5-4-6-13(9-10)16-14-8-7-11(2)15(17)12(14)3/h7-8,10,13,16-17H,4-6,9H2,1-3H3. The molecule has 0 saturated heterocycles. The number of phenols is 1. The van der Waals surface area contributed by atoms with Crippen molar-refractivity contribution in [3.63, 3.8) is 0 Å². The highest BCUT2D eigenvalue weighted by molar-refractivity contribution is 5.59. The molecule has 2 atom stereocenters. The molecule has 1 aliphatic carbocycles. The molecule has 2 unspecified atom stereocenters. The van der Waals surface area contributed by atoms with Gasteiger partial charge in [-0.1, -0.05) is 25.8 Å². The second-order valence-electron chi connectivity index (χ2n) is 5.52. The van der Waals surface area contributed by atoms with Gasteiger partial charge in [-0.05, 0) is 44.2 Å². The van der Waals surface area contributed by atoms with Gasteiger partial charge in [0, 0.05) is 17.3 Å². The van der Waals surface area contributed by atoms with Crippen LogP contribution < -0.4 is 5.32 Å². The fourth-order valence-electron chi connectivity index (χ4n) is 2.78. The third-order valence-corrected chi connectivity index (χ3v) is 3.93. The Labute approximate surface area is 104 Å². The van der Waals surface area contributed by atoms with Crippen LogP contribution in [0.2, 0.25) is 0 Å². The zero-order valence-corrected chi connectivity index (χ0v) is 11.1. The van der Waals surface area contributed by atoms with E-state index in [1.54, 1.807) is 0 Å². The largest absolute Gasteiger partial charge is 0.507 e. The number of anilines is 1. The lowest BCUT2D eigenvalue weighted by Gasteiger charge is -2.29. The normalized spacial score (nSPS) is 24.6. The number of phenolic OH excluding ortho intramolecular Hbond substituents is 1. The van der Waals surface area contributed by atoms with Crippen molar-refractivity contribution in [3.05, 3.63) is 23.3 Å². The van der Waals surface area contributed by atoms with Crippen molar-refractivity contribution in [1.29, 1.82) is 0 Å². The summed E-state index contributed by atoms with van der Waals surface area (Å²) in [4.78, 5) is 0. The highest BCUT2D eigenvalue weighted by Gasteiger charge is 2.19. The zero-order chi connectivity index (χ0) is 12.4. The molecule has 2 nitrogen and oxygen atoms in total. The number of aromatic hydroxyl groups is 1. The van der Waals surface area contributed by atoms with Gasteiger partial charge >= 0.3 is 0 Å². The van der Waals surface area contributed by atoms with Crippen LogP contribution in [0.25, 0.3) is 0 Å². The fourth-order valence-corrected chi connectivity index (χ4v) is 2.78. The Balaban J connectivity index is 2.10. The van der Waals surface area contributed by atoms with Gasteiger partial charge in [0.1, 0.15) is 5.75 Å². The summed E-state index contributed by atoms with van der Waals surface area (Å²) in [6.07, 6.45) is 5.17. The average Bonchev–Trinajstić information content (AvgIpc) is 2.30. The Morgan fingerprint density at radius 2 is 2.00 bits per heavy atom. The average molecular weight is 233 g/mol. The predicted octanol–water partition coefficient (Wildman–Crippen LogP) is 4.00. The monoisotopic (exact) mass is 233 g/mol. The van der Waals surface area contributed by atoms with Gasteiger partial charge in [0.15, 0.2) is 0 Å². The van der Waals surface area contributed by atoms with Gasteiger partial charge in [0.2, 0.25) is 0 Å². The Morgan fingerprint density at radius 1 is 1.24 bits per heavy atom. The van der Waals surface area contributed by atoms with Gasteiger partial charge < -0.3 is 10.4 Å². The lowest BCUT2D eigenvalue weighted by molar-refractivity contribution is 0.358. The van der Waals surface area contributed by atoms with Crippen molar-refractivity contribution in [1.82, 2.24) is 0 Å². The van der Waals surface area contributed by atoms with Crippen molar-refractivity contribution in [2.45, 2.75) is 52.5 Å². The third-order valence-electron chi connectivity index (χ3n) is 3.93. The van der Waals surface area contributed by atoms with Gasteiger partial charge in [-0.2, -0.15) is 0 Å². The molecule has 1 saturated carbocycles. The summed E-state index contributed by atoms with van der Waals surface area (Å²) in [5, 5.41) is 13.5. The van der Waals surface area contributed by atoms with Gasteiger partial charge in [-0.25, -0.2) is 0 Å². The summed E-state index contributed by atoms with van der Waals surface area (Å²) in [7, 11) is 0. The van der Waals surface area contributed by atoms with E-state index >= 15 is 0 Å². The van der Waals surface area contributed by atoms with Crippen molar-refractivity contribution in [2.24, 2.45) is 5.92 Å². The molecule has 94 valence electrons. The van der Waals surface area contributed by atoms with Crippen molar-refractivity contribution in [3.8, 4) is 5.75 Å². The summed E-state index contributed by atoms with van der Waals surface area (Å²) < 4.78 is 0. The Kier molecular flexibility index (Phi) is 3.60. The van der Waals surface area contributed by atoms with Crippen molar-refractivity contribution < 1.29 is 5.11 Å². The van der Waals surface area contributed by atoms with E-state index in [2.05, 4.69) is 18.3 Å². The van der Waals surface area contributed by atoms with E-state index in [4.69, 9.17) is 0 Å². The smallest absolute Gasteiger partial charge is 0.123 e. The Hall–Kier alpha value is -1.18. The summed E-state index contributed by atoms with van der Waals surface area (Å²) in [5.74, 6) is 1.25. The molecule has 0 bridgehead atoms. The van der Waals surface area contributed by atoms with Crippen molar-refractivity contribution in [2.75, 3.05) is 5.32 Å². The molecular weight excluding hydrogens is 210 g/mol. The molecule has 1 aromatic rings. The molecule has 17 heavy (non-hydrogen) atoms. The predicted molar refractivity (Wildman–Crippen MR) is 72.6 cm³/mol. The molecule has 0 radical (unpaired) electrons. The quantitative estimate of drug-likeness (QED) is 0.809. The number of benzene rings is 1. The summed E-state index contributed by atoms with van der Waals surface area (Å²) in [6, 6.07) is 4.64. The minimum Gasteiger partial charge on any atom is -0.507 e. The van der Waals surface area contributed by atoms with Gasteiger partial charge in [-0.3, -0.25) is 0 Å². The van der Waals surface area contributed by atoms with Crippen LogP contribution in [-0.4, -0.2) is 11.1 Å². The summed E-state index contributed by atoms with van der Waals surface area (Å²) >= 11 is 0. The second-order valence-corrected chi connectivity index (χ2v) is 5.52. The first-order chi connectivity index (χ1) is 8.08. The maximum atomic E-state index is 9.93. The zero-order valence-electron chi connectivity index (χ0n) is 11.1. The number of hydrogen-bond donors (Lipinski definition) is 2. The maximum Gasteiger partial charge on any atom is 0.123 e. The number of rotatable bonds is 2. The number of hydrogen-bond acceptors (Lipinski definition) is 2.